The third-order valence-corrected chi connectivity index (χ3v) is 4.12. The van der Waals surface area contributed by atoms with Gasteiger partial charge in [-0.25, -0.2) is 9.50 Å². The van der Waals surface area contributed by atoms with Crippen LogP contribution in [-0.2, 0) is 0 Å². The van der Waals surface area contributed by atoms with Crippen LogP contribution < -0.4 is 0 Å². The first kappa shape index (κ1) is 11.4. The molecule has 0 bridgehead atoms. The number of nitrogens with zero attached hydrogens (tertiary/aromatic N) is 3. The first-order chi connectivity index (χ1) is 8.63. The number of fused-ring (bicyclic) bond motifs is 1. The second-order valence-corrected chi connectivity index (χ2v) is 5.80. The molecule has 1 aromatic carbocycles. The van der Waals surface area contributed by atoms with E-state index in [1.807, 2.05) is 10.7 Å². The summed E-state index contributed by atoms with van der Waals surface area (Å²) in [6, 6.07) is 8.42. The van der Waals surface area contributed by atoms with Gasteiger partial charge in [-0.05, 0) is 6.92 Å². The molecule has 0 atom stereocenters. The number of hydrogen-bond donors (Lipinski definition) is 0. The Hall–Kier alpha value is -1.68. The van der Waals surface area contributed by atoms with Crippen LogP contribution in [0.15, 0.2) is 30.5 Å². The summed E-state index contributed by atoms with van der Waals surface area (Å²) in [5, 5.41) is 5.68. The molecule has 18 heavy (non-hydrogen) atoms. The lowest BCUT2D eigenvalue weighted by Gasteiger charge is -1.97. The van der Waals surface area contributed by atoms with E-state index in [1.165, 1.54) is 5.56 Å². The van der Waals surface area contributed by atoms with Crippen LogP contribution in [0.25, 0.3) is 16.2 Å². The predicted molar refractivity (Wildman–Crippen MR) is 75.1 cm³/mol. The van der Waals surface area contributed by atoms with Crippen LogP contribution in [0.5, 0.6) is 0 Å². The van der Waals surface area contributed by atoms with Crippen LogP contribution in [0.3, 0.4) is 0 Å². The van der Waals surface area contributed by atoms with Crippen LogP contribution >= 0.6 is 11.3 Å². The van der Waals surface area contributed by atoms with E-state index >= 15 is 0 Å². The Kier molecular flexibility index (Phi) is 2.67. The van der Waals surface area contributed by atoms with Gasteiger partial charge in [0.05, 0.1) is 11.9 Å². The van der Waals surface area contributed by atoms with Gasteiger partial charge in [-0.3, -0.25) is 0 Å². The van der Waals surface area contributed by atoms with Crippen molar-refractivity contribution < 1.29 is 0 Å². The molecule has 0 spiro atoms. The molecule has 2 aromatic heterocycles. The highest BCUT2D eigenvalue weighted by Gasteiger charge is 2.11. The monoisotopic (exact) mass is 257 g/mol. The molecular formula is C14H15N3S. The molecule has 3 rings (SSSR count). The minimum Gasteiger partial charge on any atom is -0.217 e. The molecule has 92 valence electrons. The molecule has 0 saturated carbocycles. The second kappa shape index (κ2) is 4.21. The summed E-state index contributed by atoms with van der Waals surface area (Å²) in [7, 11) is 0. The molecule has 0 aliphatic heterocycles. The number of rotatable bonds is 2. The first-order valence-corrected chi connectivity index (χ1v) is 6.88. The molecule has 0 unspecified atom stereocenters. The summed E-state index contributed by atoms with van der Waals surface area (Å²) < 4.78 is 1.88. The van der Waals surface area contributed by atoms with Crippen molar-refractivity contribution in [2.24, 2.45) is 0 Å². The topological polar surface area (TPSA) is 30.2 Å². The van der Waals surface area contributed by atoms with Crippen LogP contribution in [0, 0.1) is 6.92 Å². The average Bonchev–Trinajstić information content (AvgIpc) is 2.87. The Morgan fingerprint density at radius 1 is 1.17 bits per heavy atom. The smallest absolute Gasteiger partial charge is 0.212 e. The summed E-state index contributed by atoms with van der Waals surface area (Å²) in [6.45, 7) is 6.39. The van der Waals surface area contributed by atoms with Crippen molar-refractivity contribution in [1.29, 1.82) is 0 Å². The fourth-order valence-corrected chi connectivity index (χ4v) is 2.69. The first-order valence-electron chi connectivity index (χ1n) is 6.06. The molecule has 3 aromatic rings. The lowest BCUT2D eigenvalue weighted by atomic mass is 10.1. The SMILES string of the molecule is Cc1ccc(-c2cn3nc(C(C)C)sc3n2)cc1. The highest BCUT2D eigenvalue weighted by molar-refractivity contribution is 7.16. The number of hydrogen-bond acceptors (Lipinski definition) is 3. The summed E-state index contributed by atoms with van der Waals surface area (Å²) in [5.41, 5.74) is 3.40. The van der Waals surface area contributed by atoms with Gasteiger partial charge in [0, 0.05) is 11.5 Å². The van der Waals surface area contributed by atoms with Gasteiger partial charge in [-0.2, -0.15) is 5.10 Å². The number of aryl methyl sites for hydroxylation is 1. The van der Waals surface area contributed by atoms with Crippen molar-refractivity contribution in [2.75, 3.05) is 0 Å². The number of aromatic nitrogens is 3. The fourth-order valence-electron chi connectivity index (χ4n) is 1.81. The standard InChI is InChI=1S/C14H15N3S/c1-9(2)13-16-17-8-12(15-14(17)18-13)11-6-4-10(3)5-7-11/h4-9H,1-3H3. The third kappa shape index (κ3) is 1.93. The van der Waals surface area contributed by atoms with Crippen LogP contribution in [0.2, 0.25) is 0 Å². The molecule has 0 aliphatic rings. The Morgan fingerprint density at radius 2 is 1.89 bits per heavy atom. The van der Waals surface area contributed by atoms with E-state index in [4.69, 9.17) is 0 Å². The molecule has 0 N–H and O–H groups in total. The largest absolute Gasteiger partial charge is 0.217 e. The van der Waals surface area contributed by atoms with Crippen molar-refractivity contribution in [3.05, 3.63) is 41.0 Å². The number of benzene rings is 1. The molecule has 0 aliphatic carbocycles. The maximum Gasteiger partial charge on any atom is 0.212 e. The quantitative estimate of drug-likeness (QED) is 0.697. The summed E-state index contributed by atoms with van der Waals surface area (Å²) >= 11 is 1.66. The van der Waals surface area contributed by atoms with Crippen LogP contribution in [0.1, 0.15) is 30.3 Å². The van der Waals surface area contributed by atoms with E-state index in [-0.39, 0.29) is 0 Å². The molecular weight excluding hydrogens is 242 g/mol. The van der Waals surface area contributed by atoms with Gasteiger partial charge in [0.2, 0.25) is 4.96 Å². The van der Waals surface area contributed by atoms with Crippen molar-refractivity contribution in [3.8, 4) is 11.3 Å². The zero-order valence-corrected chi connectivity index (χ0v) is 11.5. The van der Waals surface area contributed by atoms with Gasteiger partial charge < -0.3 is 0 Å². The summed E-state index contributed by atoms with van der Waals surface area (Å²) in [4.78, 5) is 5.60. The van der Waals surface area contributed by atoms with Crippen molar-refractivity contribution >= 4 is 16.3 Å². The molecule has 0 saturated heterocycles. The minimum atomic E-state index is 0.458. The predicted octanol–water partition coefficient (Wildman–Crippen LogP) is 3.89. The van der Waals surface area contributed by atoms with E-state index in [9.17, 15) is 0 Å². The molecule has 0 fully saturated rings. The molecule has 0 amide bonds. The Morgan fingerprint density at radius 3 is 2.50 bits per heavy atom. The third-order valence-electron chi connectivity index (χ3n) is 2.90. The summed E-state index contributed by atoms with van der Waals surface area (Å²) in [5.74, 6) is 0.458. The van der Waals surface area contributed by atoms with E-state index in [0.717, 1.165) is 21.2 Å². The molecule has 4 heteroatoms. The van der Waals surface area contributed by atoms with Crippen molar-refractivity contribution in [1.82, 2.24) is 14.6 Å². The van der Waals surface area contributed by atoms with E-state index in [2.05, 4.69) is 55.1 Å². The molecule has 3 nitrogen and oxygen atoms in total. The highest BCUT2D eigenvalue weighted by Crippen LogP contribution is 2.25. The van der Waals surface area contributed by atoms with Crippen molar-refractivity contribution in [3.63, 3.8) is 0 Å². The Bertz CT molecular complexity index is 645. The van der Waals surface area contributed by atoms with Crippen molar-refractivity contribution in [2.45, 2.75) is 26.7 Å². The van der Waals surface area contributed by atoms with Gasteiger partial charge >= 0.3 is 0 Å². The van der Waals surface area contributed by atoms with Crippen LogP contribution in [0.4, 0.5) is 0 Å². The van der Waals surface area contributed by atoms with E-state index in [1.54, 1.807) is 11.3 Å². The zero-order valence-electron chi connectivity index (χ0n) is 10.7. The van der Waals surface area contributed by atoms with Gasteiger partial charge in [-0.15, -0.1) is 0 Å². The zero-order chi connectivity index (χ0) is 12.7. The summed E-state index contributed by atoms with van der Waals surface area (Å²) in [6.07, 6.45) is 2.00. The van der Waals surface area contributed by atoms with Gasteiger partial charge in [0.1, 0.15) is 5.01 Å². The average molecular weight is 257 g/mol. The Labute approximate surface area is 110 Å². The fraction of sp³-hybridized carbons (Fsp3) is 0.286. The van der Waals surface area contributed by atoms with Crippen LogP contribution in [-0.4, -0.2) is 14.6 Å². The minimum absolute atomic E-state index is 0.458. The lowest BCUT2D eigenvalue weighted by Crippen LogP contribution is -1.88. The Balaban J connectivity index is 2.03. The molecule has 2 heterocycles. The maximum absolute atomic E-state index is 4.63. The normalized spacial score (nSPS) is 11.6. The van der Waals surface area contributed by atoms with Gasteiger partial charge in [0.15, 0.2) is 0 Å². The second-order valence-electron chi connectivity index (χ2n) is 4.81. The lowest BCUT2D eigenvalue weighted by molar-refractivity contribution is 0.802. The molecule has 0 radical (unpaired) electrons. The van der Waals surface area contributed by atoms with E-state index in [0.29, 0.717) is 5.92 Å². The highest BCUT2D eigenvalue weighted by atomic mass is 32.1. The van der Waals surface area contributed by atoms with E-state index < -0.39 is 0 Å². The number of imidazole rings is 1. The van der Waals surface area contributed by atoms with Gasteiger partial charge in [0.25, 0.3) is 0 Å². The van der Waals surface area contributed by atoms with Gasteiger partial charge in [-0.1, -0.05) is 55.0 Å². The maximum atomic E-state index is 4.63.